The lowest BCUT2D eigenvalue weighted by Gasteiger charge is -2.08. The van der Waals surface area contributed by atoms with Crippen LogP contribution in [-0.2, 0) is 20.4 Å². The van der Waals surface area contributed by atoms with Crippen molar-refractivity contribution in [3.8, 4) is 0 Å². The van der Waals surface area contributed by atoms with Gasteiger partial charge in [0.25, 0.3) is 0 Å². The van der Waals surface area contributed by atoms with Crippen LogP contribution in [0.2, 0.25) is 0 Å². The first kappa shape index (κ1) is 17.8. The lowest BCUT2D eigenvalue weighted by Crippen LogP contribution is -2.09. The molecule has 0 aliphatic heterocycles. The fraction of sp³-hybridized carbons (Fsp3) is 0.533. The zero-order valence-electron chi connectivity index (χ0n) is 12.7. The van der Waals surface area contributed by atoms with Gasteiger partial charge < -0.3 is 15.3 Å². The van der Waals surface area contributed by atoms with E-state index in [1.165, 1.54) is 0 Å². The number of benzene rings is 1. The van der Waals surface area contributed by atoms with Crippen molar-refractivity contribution in [1.29, 1.82) is 0 Å². The van der Waals surface area contributed by atoms with Gasteiger partial charge in [-0.2, -0.15) is 0 Å². The molecule has 0 aliphatic rings. The molecule has 1 rings (SSSR count). The van der Waals surface area contributed by atoms with Gasteiger partial charge in [-0.05, 0) is 37.0 Å². The van der Waals surface area contributed by atoms with Crippen molar-refractivity contribution in [1.82, 2.24) is 0 Å². The van der Waals surface area contributed by atoms with Crippen LogP contribution in [0.1, 0.15) is 24.8 Å². The van der Waals surface area contributed by atoms with Gasteiger partial charge >= 0.3 is 0 Å². The van der Waals surface area contributed by atoms with Crippen molar-refractivity contribution in [2.24, 2.45) is 10.9 Å². The summed E-state index contributed by atoms with van der Waals surface area (Å²) in [4.78, 5) is 6.01. The summed E-state index contributed by atoms with van der Waals surface area (Å²) in [6.07, 6.45) is 4.42. The molecule has 0 bridgehead atoms. The first-order valence-electron chi connectivity index (χ1n) is 7.00. The molecule has 5 nitrogen and oxygen atoms in total. The smallest absolute Gasteiger partial charge is 0.129 e. The van der Waals surface area contributed by atoms with Crippen molar-refractivity contribution in [3.63, 3.8) is 0 Å². The summed E-state index contributed by atoms with van der Waals surface area (Å²) in [6, 6.07) is 7.58. The van der Waals surface area contributed by atoms with Crippen LogP contribution in [0.15, 0.2) is 34.3 Å². The quantitative estimate of drug-likeness (QED) is 0.407. The SMILES string of the molecule is COCCCCC(=NOCCN)c1ccc(S(C)=O)cc1. The average Bonchev–Trinajstić information content (AvgIpc) is 2.50. The van der Waals surface area contributed by atoms with E-state index in [0.29, 0.717) is 13.2 Å². The molecule has 1 atom stereocenters. The number of nitrogens with two attached hydrogens (primary N) is 1. The number of hydrogen-bond donors (Lipinski definition) is 1. The van der Waals surface area contributed by atoms with E-state index in [9.17, 15) is 4.21 Å². The molecule has 0 saturated heterocycles. The van der Waals surface area contributed by atoms with Gasteiger partial charge in [0, 0.05) is 42.2 Å². The second-order valence-electron chi connectivity index (χ2n) is 4.59. The monoisotopic (exact) mass is 312 g/mol. The highest BCUT2D eigenvalue weighted by atomic mass is 32.2. The third-order valence-electron chi connectivity index (χ3n) is 2.92. The molecule has 0 heterocycles. The molecule has 1 aromatic rings. The Labute approximate surface area is 129 Å². The molecule has 0 aromatic heterocycles. The highest BCUT2D eigenvalue weighted by Crippen LogP contribution is 2.12. The van der Waals surface area contributed by atoms with Crippen LogP contribution in [0.4, 0.5) is 0 Å². The van der Waals surface area contributed by atoms with Gasteiger partial charge in [0.05, 0.1) is 5.71 Å². The van der Waals surface area contributed by atoms with E-state index in [0.717, 1.165) is 42.0 Å². The number of nitrogens with zero attached hydrogens (tertiary/aromatic N) is 1. The number of hydrogen-bond acceptors (Lipinski definition) is 5. The fourth-order valence-corrected chi connectivity index (χ4v) is 2.32. The largest absolute Gasteiger partial charge is 0.394 e. The summed E-state index contributed by atoms with van der Waals surface area (Å²) >= 11 is 0. The minimum Gasteiger partial charge on any atom is -0.394 e. The predicted octanol–water partition coefficient (Wildman–Crippen LogP) is 1.92. The Morgan fingerprint density at radius 2 is 1.95 bits per heavy atom. The van der Waals surface area contributed by atoms with Gasteiger partial charge in [-0.25, -0.2) is 0 Å². The molecule has 0 radical (unpaired) electrons. The average molecular weight is 312 g/mol. The first-order chi connectivity index (χ1) is 10.2. The normalized spacial score (nSPS) is 13.2. The molecule has 0 amide bonds. The van der Waals surface area contributed by atoms with E-state index >= 15 is 0 Å². The van der Waals surface area contributed by atoms with Crippen molar-refractivity contribution >= 4 is 16.5 Å². The fourth-order valence-electron chi connectivity index (χ4n) is 1.80. The zero-order chi connectivity index (χ0) is 15.5. The summed E-state index contributed by atoms with van der Waals surface area (Å²) in [5, 5.41) is 4.18. The highest BCUT2D eigenvalue weighted by molar-refractivity contribution is 7.84. The second-order valence-corrected chi connectivity index (χ2v) is 5.97. The summed E-state index contributed by atoms with van der Waals surface area (Å²) in [5.41, 5.74) is 7.27. The topological polar surface area (TPSA) is 73.9 Å². The molecular weight excluding hydrogens is 288 g/mol. The molecular formula is C15H24N2O3S. The van der Waals surface area contributed by atoms with Gasteiger partial charge in [-0.3, -0.25) is 4.21 Å². The van der Waals surface area contributed by atoms with Gasteiger partial charge in [0.1, 0.15) is 6.61 Å². The lowest BCUT2D eigenvalue weighted by molar-refractivity contribution is 0.151. The third kappa shape index (κ3) is 6.84. The van der Waals surface area contributed by atoms with Crippen LogP contribution in [-0.4, -0.2) is 43.0 Å². The van der Waals surface area contributed by atoms with E-state index in [1.54, 1.807) is 13.4 Å². The van der Waals surface area contributed by atoms with Crippen LogP contribution in [0, 0.1) is 0 Å². The standard InChI is InChI=1S/C15H24N2O3S/c1-19-11-4-3-5-15(17-20-12-10-16)13-6-8-14(9-7-13)21(2)18/h6-9H,3-5,10-12,16H2,1-2H3. The molecule has 0 fully saturated rings. The molecule has 21 heavy (non-hydrogen) atoms. The third-order valence-corrected chi connectivity index (χ3v) is 3.85. The molecule has 1 aromatic carbocycles. The van der Waals surface area contributed by atoms with E-state index in [4.69, 9.17) is 15.3 Å². The summed E-state index contributed by atoms with van der Waals surface area (Å²) in [6.45, 7) is 1.58. The minimum atomic E-state index is -0.969. The van der Waals surface area contributed by atoms with E-state index in [1.807, 2.05) is 24.3 Å². The zero-order valence-corrected chi connectivity index (χ0v) is 13.5. The van der Waals surface area contributed by atoms with Crippen LogP contribution in [0.3, 0.4) is 0 Å². The van der Waals surface area contributed by atoms with Crippen molar-refractivity contribution in [2.75, 3.05) is 33.1 Å². The van der Waals surface area contributed by atoms with Crippen molar-refractivity contribution in [2.45, 2.75) is 24.2 Å². The molecule has 118 valence electrons. The summed E-state index contributed by atoms with van der Waals surface area (Å²) in [7, 11) is 0.728. The Hall–Kier alpha value is -1.24. The maximum absolute atomic E-state index is 11.4. The van der Waals surface area contributed by atoms with E-state index in [-0.39, 0.29) is 0 Å². The van der Waals surface area contributed by atoms with Gasteiger partial charge in [-0.1, -0.05) is 17.3 Å². The minimum absolute atomic E-state index is 0.401. The first-order valence-corrected chi connectivity index (χ1v) is 8.56. The number of methoxy groups -OCH3 is 1. The molecule has 1 unspecified atom stereocenters. The maximum Gasteiger partial charge on any atom is 0.129 e. The maximum atomic E-state index is 11.4. The Morgan fingerprint density at radius 3 is 2.52 bits per heavy atom. The Kier molecular flexibility index (Phi) is 8.89. The van der Waals surface area contributed by atoms with Gasteiger partial charge in [-0.15, -0.1) is 0 Å². The van der Waals surface area contributed by atoms with Crippen molar-refractivity contribution < 1.29 is 13.8 Å². The summed E-state index contributed by atoms with van der Waals surface area (Å²) < 4.78 is 16.5. The Morgan fingerprint density at radius 1 is 1.24 bits per heavy atom. The van der Waals surface area contributed by atoms with Crippen molar-refractivity contribution in [3.05, 3.63) is 29.8 Å². The number of ether oxygens (including phenoxy) is 1. The summed E-state index contributed by atoms with van der Waals surface area (Å²) in [5.74, 6) is 0. The molecule has 0 aliphatic carbocycles. The Bertz CT molecular complexity index is 460. The van der Waals surface area contributed by atoms with Crippen LogP contribution < -0.4 is 5.73 Å². The van der Waals surface area contributed by atoms with Crippen LogP contribution in [0.5, 0.6) is 0 Å². The Balaban J connectivity index is 2.74. The van der Waals surface area contributed by atoms with E-state index < -0.39 is 10.8 Å². The van der Waals surface area contributed by atoms with Gasteiger partial charge in [0.15, 0.2) is 0 Å². The molecule has 0 spiro atoms. The molecule has 6 heteroatoms. The lowest BCUT2D eigenvalue weighted by atomic mass is 10.1. The van der Waals surface area contributed by atoms with Crippen LogP contribution >= 0.6 is 0 Å². The molecule has 2 N–H and O–H groups in total. The van der Waals surface area contributed by atoms with Gasteiger partial charge in [0.2, 0.25) is 0 Å². The van der Waals surface area contributed by atoms with Crippen LogP contribution in [0.25, 0.3) is 0 Å². The second kappa shape index (κ2) is 10.5. The predicted molar refractivity (Wildman–Crippen MR) is 86.0 cm³/mol. The number of oxime groups is 1. The highest BCUT2D eigenvalue weighted by Gasteiger charge is 2.06. The van der Waals surface area contributed by atoms with E-state index in [2.05, 4.69) is 5.16 Å². The number of unbranched alkanes of at least 4 members (excludes halogenated alkanes) is 1. The number of rotatable bonds is 10. The molecule has 0 saturated carbocycles.